The summed E-state index contributed by atoms with van der Waals surface area (Å²) in [7, 11) is 3.93. The first-order valence-electron chi connectivity index (χ1n) is 27.0. The number of unbranched alkanes of at least 4 members (excludes halogenated alkanes) is 18. The minimum absolute atomic E-state index is 0.00858. The average molecular weight is 952 g/mol. The highest BCUT2D eigenvalue weighted by Gasteiger charge is 2.15. The first-order valence-corrected chi connectivity index (χ1v) is 27.0. The number of aliphatic hydroxyl groups is 1. The van der Waals surface area contributed by atoms with Crippen LogP contribution in [-0.4, -0.2) is 75.0 Å². The van der Waals surface area contributed by atoms with Crippen molar-refractivity contribution in [2.45, 2.75) is 220 Å². The zero-order valence-corrected chi connectivity index (χ0v) is 43.6. The summed E-state index contributed by atoms with van der Waals surface area (Å²) in [5.74, 6) is 0.403. The van der Waals surface area contributed by atoms with Crippen LogP contribution < -0.4 is 9.47 Å². The van der Waals surface area contributed by atoms with Gasteiger partial charge in [0, 0.05) is 30.4 Å². The van der Waals surface area contributed by atoms with Gasteiger partial charge in [0.1, 0.15) is 18.1 Å². The number of rotatable bonds is 47. The predicted molar refractivity (Wildman–Crippen MR) is 280 cm³/mol. The van der Waals surface area contributed by atoms with E-state index in [1.807, 2.05) is 19.0 Å². The van der Waals surface area contributed by atoms with Gasteiger partial charge in [-0.1, -0.05) is 127 Å². The standard InChI is InChI=1S/C58H97NO9/c1-5-7-9-11-13-15-17-19-21-23-25-27-29-31-33-40-56(61)66-46-37-35-44-64-54-49-53(51-68-58(63)42-39-43-59(3)4)55(48-52(54)50-60)65-45-36-38-47-67-57(62)41-34-32-30-28-26-24-22-20-18-16-14-12-10-8-6-2/h13-16,19-22,48-49,60H,5-12,17-18,23-47,50-51H2,1-4H3/b15-13-,16-14-,21-19-,22-20-. The summed E-state index contributed by atoms with van der Waals surface area (Å²) in [4.78, 5) is 39.2. The van der Waals surface area contributed by atoms with Crippen LogP contribution >= 0.6 is 0 Å². The Bertz CT molecular complexity index is 1500. The summed E-state index contributed by atoms with van der Waals surface area (Å²) in [5, 5.41) is 10.2. The van der Waals surface area contributed by atoms with E-state index in [4.69, 9.17) is 23.7 Å². The predicted octanol–water partition coefficient (Wildman–Crippen LogP) is 14.6. The van der Waals surface area contributed by atoms with Gasteiger partial charge < -0.3 is 33.7 Å². The summed E-state index contributed by atoms with van der Waals surface area (Å²) in [6.07, 6.45) is 47.9. The Labute approximate surface area is 414 Å². The van der Waals surface area contributed by atoms with Crippen LogP contribution in [0.2, 0.25) is 0 Å². The fraction of sp³-hybridized carbons (Fsp3) is 0.707. The van der Waals surface area contributed by atoms with Gasteiger partial charge in [-0.25, -0.2) is 0 Å². The van der Waals surface area contributed by atoms with E-state index in [9.17, 15) is 19.5 Å². The van der Waals surface area contributed by atoms with Gasteiger partial charge in [0.25, 0.3) is 0 Å². The molecule has 1 N–H and O–H groups in total. The van der Waals surface area contributed by atoms with Gasteiger partial charge in [0.05, 0.1) is 33.0 Å². The number of hydrogen-bond donors (Lipinski definition) is 1. The molecule has 0 saturated heterocycles. The molecule has 0 unspecified atom stereocenters. The van der Waals surface area contributed by atoms with Crippen molar-refractivity contribution in [1.29, 1.82) is 0 Å². The van der Waals surface area contributed by atoms with E-state index in [2.05, 4.69) is 62.5 Å². The third-order valence-electron chi connectivity index (χ3n) is 11.6. The number of ether oxygens (including phenoxy) is 5. The zero-order chi connectivity index (χ0) is 49.4. The summed E-state index contributed by atoms with van der Waals surface area (Å²) >= 11 is 0. The Balaban J connectivity index is 2.38. The van der Waals surface area contributed by atoms with Crippen molar-refractivity contribution in [3.8, 4) is 11.5 Å². The van der Waals surface area contributed by atoms with Gasteiger partial charge in [-0.2, -0.15) is 0 Å². The lowest BCUT2D eigenvalue weighted by Crippen LogP contribution is -2.15. The first-order chi connectivity index (χ1) is 33.3. The lowest BCUT2D eigenvalue weighted by Gasteiger charge is -2.17. The van der Waals surface area contributed by atoms with Crippen molar-refractivity contribution in [2.75, 3.05) is 47.1 Å². The minimum atomic E-state index is -0.293. The summed E-state index contributed by atoms with van der Waals surface area (Å²) < 4.78 is 28.8. The molecule has 0 aliphatic rings. The second kappa shape index (κ2) is 46.8. The number of nitrogens with zero attached hydrogens (tertiary/aromatic N) is 1. The fourth-order valence-corrected chi connectivity index (χ4v) is 7.37. The highest BCUT2D eigenvalue weighted by molar-refractivity contribution is 5.70. The van der Waals surface area contributed by atoms with Crippen LogP contribution in [0.4, 0.5) is 0 Å². The third-order valence-corrected chi connectivity index (χ3v) is 11.6. The molecule has 0 heterocycles. The average Bonchev–Trinajstić information content (AvgIpc) is 3.33. The number of aliphatic hydroxyl groups excluding tert-OH is 1. The third kappa shape index (κ3) is 39.0. The Morgan fingerprint density at radius 2 is 0.838 bits per heavy atom. The molecule has 1 rings (SSSR count). The Morgan fingerprint density at radius 3 is 1.29 bits per heavy atom. The molecule has 10 heteroatoms. The molecule has 0 saturated carbocycles. The Morgan fingerprint density at radius 1 is 0.456 bits per heavy atom. The highest BCUT2D eigenvalue weighted by atomic mass is 16.5. The Hall–Kier alpha value is -3.89. The maximum absolute atomic E-state index is 12.6. The van der Waals surface area contributed by atoms with Gasteiger partial charge in [-0.15, -0.1) is 0 Å². The molecule has 388 valence electrons. The van der Waals surface area contributed by atoms with Crippen LogP contribution in [0.5, 0.6) is 11.5 Å². The van der Waals surface area contributed by atoms with E-state index >= 15 is 0 Å². The molecular weight excluding hydrogens is 855 g/mol. The number of esters is 3. The van der Waals surface area contributed by atoms with Gasteiger partial charge >= 0.3 is 17.9 Å². The maximum atomic E-state index is 12.6. The van der Waals surface area contributed by atoms with E-state index < -0.39 is 0 Å². The summed E-state index contributed by atoms with van der Waals surface area (Å²) in [6.45, 7) is 6.42. The van der Waals surface area contributed by atoms with Gasteiger partial charge in [0.15, 0.2) is 0 Å². The van der Waals surface area contributed by atoms with Crippen molar-refractivity contribution in [2.24, 2.45) is 0 Å². The monoisotopic (exact) mass is 952 g/mol. The second-order valence-corrected chi connectivity index (χ2v) is 18.3. The summed E-state index contributed by atoms with van der Waals surface area (Å²) in [5.41, 5.74) is 1.20. The largest absolute Gasteiger partial charge is 0.493 e. The van der Waals surface area contributed by atoms with Crippen molar-refractivity contribution in [3.05, 3.63) is 71.9 Å². The van der Waals surface area contributed by atoms with Gasteiger partial charge in [-0.3, -0.25) is 14.4 Å². The molecule has 0 atom stereocenters. The quantitative estimate of drug-likeness (QED) is 0.0293. The normalized spacial score (nSPS) is 11.8. The molecular formula is C58H97NO9. The molecule has 1 aromatic carbocycles. The van der Waals surface area contributed by atoms with Crippen molar-refractivity contribution in [3.63, 3.8) is 0 Å². The van der Waals surface area contributed by atoms with Crippen molar-refractivity contribution < 1.29 is 43.2 Å². The van der Waals surface area contributed by atoms with E-state index in [0.717, 1.165) is 70.8 Å². The van der Waals surface area contributed by atoms with Gasteiger partial charge in [-0.05, 0) is 142 Å². The molecule has 68 heavy (non-hydrogen) atoms. The summed E-state index contributed by atoms with van der Waals surface area (Å²) in [6, 6.07) is 3.51. The lowest BCUT2D eigenvalue weighted by molar-refractivity contribution is -0.145. The SMILES string of the molecule is CCCCC/C=C\C/C=C\CCCCCCCC(=O)OCCCCOc1cc(COC(=O)CCCN(C)C)c(OCCCCOC(=O)CCCCCCC/C=C\C/C=C\CCCCC)cc1CO. The van der Waals surface area contributed by atoms with Crippen LogP contribution in [-0.2, 0) is 41.8 Å². The fourth-order valence-electron chi connectivity index (χ4n) is 7.37. The van der Waals surface area contributed by atoms with Crippen LogP contribution in [0.25, 0.3) is 0 Å². The van der Waals surface area contributed by atoms with Crippen LogP contribution in [0.3, 0.4) is 0 Å². The molecule has 0 aromatic heterocycles. The maximum Gasteiger partial charge on any atom is 0.306 e. The van der Waals surface area contributed by atoms with Crippen LogP contribution in [0, 0.1) is 0 Å². The minimum Gasteiger partial charge on any atom is -0.493 e. The van der Waals surface area contributed by atoms with Gasteiger partial charge in [0.2, 0.25) is 0 Å². The smallest absolute Gasteiger partial charge is 0.306 e. The second-order valence-electron chi connectivity index (χ2n) is 18.3. The molecule has 0 fully saturated rings. The van der Waals surface area contributed by atoms with Crippen molar-refractivity contribution in [1.82, 2.24) is 4.90 Å². The molecule has 10 nitrogen and oxygen atoms in total. The van der Waals surface area contributed by atoms with E-state index in [1.54, 1.807) is 12.1 Å². The molecule has 0 spiro atoms. The van der Waals surface area contributed by atoms with E-state index in [0.29, 0.717) is 100 Å². The Kier molecular flexibility index (Phi) is 42.8. The molecule has 0 bridgehead atoms. The van der Waals surface area contributed by atoms with Crippen molar-refractivity contribution >= 4 is 17.9 Å². The van der Waals surface area contributed by atoms with Crippen LogP contribution in [0.15, 0.2) is 60.7 Å². The number of benzene rings is 1. The lowest BCUT2D eigenvalue weighted by atomic mass is 10.1. The first kappa shape index (κ1) is 62.1. The van der Waals surface area contributed by atoms with E-state index in [-0.39, 0.29) is 31.1 Å². The highest BCUT2D eigenvalue weighted by Crippen LogP contribution is 2.31. The number of carbonyl (C=O) groups excluding carboxylic acids is 3. The molecule has 1 aromatic rings. The molecule has 0 radical (unpaired) electrons. The molecule has 0 aliphatic heterocycles. The number of allylic oxidation sites excluding steroid dienone is 8. The van der Waals surface area contributed by atoms with Crippen LogP contribution in [0.1, 0.15) is 218 Å². The molecule has 0 amide bonds. The molecule has 0 aliphatic carbocycles. The zero-order valence-electron chi connectivity index (χ0n) is 43.6. The van der Waals surface area contributed by atoms with E-state index in [1.165, 1.54) is 77.0 Å². The number of carbonyl (C=O) groups is 3. The number of hydrogen-bond acceptors (Lipinski definition) is 10. The topological polar surface area (TPSA) is 121 Å².